The zero-order valence-corrected chi connectivity index (χ0v) is 17.3. The summed E-state index contributed by atoms with van der Waals surface area (Å²) in [5.41, 5.74) is 2.41. The van der Waals surface area contributed by atoms with E-state index < -0.39 is 0 Å². The highest BCUT2D eigenvalue weighted by Gasteiger charge is 2.34. The molecule has 0 bridgehead atoms. The Balaban J connectivity index is 1.56. The molecule has 0 spiro atoms. The van der Waals surface area contributed by atoms with E-state index in [4.69, 9.17) is 4.74 Å². The lowest BCUT2D eigenvalue weighted by atomic mass is 9.89. The SMILES string of the molecule is CC[C@@H]1CN(C(=O)c2n[nH]c3c2COCC3)CC[C@@H]1NC(=O)CCCN(C)C. The van der Waals surface area contributed by atoms with Crippen molar-refractivity contribution >= 4 is 11.8 Å². The summed E-state index contributed by atoms with van der Waals surface area (Å²) in [6.45, 7) is 5.44. The van der Waals surface area contributed by atoms with Crippen LogP contribution in [0, 0.1) is 5.92 Å². The van der Waals surface area contributed by atoms with E-state index >= 15 is 0 Å². The van der Waals surface area contributed by atoms with E-state index in [9.17, 15) is 9.59 Å². The molecule has 1 aromatic heterocycles. The van der Waals surface area contributed by atoms with Crippen molar-refractivity contribution in [3.8, 4) is 0 Å². The van der Waals surface area contributed by atoms with Crippen LogP contribution in [0.2, 0.25) is 0 Å². The van der Waals surface area contributed by atoms with E-state index in [1.54, 1.807) is 0 Å². The van der Waals surface area contributed by atoms with Gasteiger partial charge in [0.05, 0.1) is 13.2 Å². The predicted molar refractivity (Wildman–Crippen MR) is 106 cm³/mol. The summed E-state index contributed by atoms with van der Waals surface area (Å²) < 4.78 is 5.50. The van der Waals surface area contributed by atoms with Crippen LogP contribution in [0.1, 0.15) is 54.4 Å². The largest absolute Gasteiger partial charge is 0.376 e. The van der Waals surface area contributed by atoms with Gasteiger partial charge in [0, 0.05) is 43.2 Å². The fourth-order valence-corrected chi connectivity index (χ4v) is 4.09. The van der Waals surface area contributed by atoms with Gasteiger partial charge in [-0.1, -0.05) is 6.92 Å². The Morgan fingerprint density at radius 2 is 2.21 bits per heavy atom. The summed E-state index contributed by atoms with van der Waals surface area (Å²) in [6, 6.07) is 0.136. The number of H-pyrrole nitrogens is 1. The zero-order chi connectivity index (χ0) is 20.1. The third-order valence-electron chi connectivity index (χ3n) is 5.80. The Bertz CT molecular complexity index is 687. The normalized spacial score (nSPS) is 22.2. The van der Waals surface area contributed by atoms with E-state index in [1.165, 1.54) is 0 Å². The van der Waals surface area contributed by atoms with Crippen LogP contribution in [0.15, 0.2) is 0 Å². The lowest BCUT2D eigenvalue weighted by molar-refractivity contribution is -0.122. The molecule has 2 amide bonds. The van der Waals surface area contributed by atoms with Crippen molar-refractivity contribution in [1.82, 2.24) is 25.3 Å². The Hall–Kier alpha value is -1.93. The van der Waals surface area contributed by atoms with Crippen LogP contribution in [0.4, 0.5) is 0 Å². The quantitative estimate of drug-likeness (QED) is 0.728. The van der Waals surface area contributed by atoms with Gasteiger partial charge >= 0.3 is 0 Å². The lowest BCUT2D eigenvalue weighted by Gasteiger charge is -2.38. The Morgan fingerprint density at radius 3 is 2.96 bits per heavy atom. The van der Waals surface area contributed by atoms with Gasteiger partial charge < -0.3 is 19.9 Å². The van der Waals surface area contributed by atoms with Crippen LogP contribution in [-0.2, 0) is 22.6 Å². The number of aromatic nitrogens is 2. The average molecular weight is 392 g/mol. The van der Waals surface area contributed by atoms with Crippen LogP contribution in [0.3, 0.4) is 0 Å². The van der Waals surface area contributed by atoms with Crippen molar-refractivity contribution in [2.24, 2.45) is 5.92 Å². The molecule has 0 saturated carbocycles. The number of piperidine rings is 1. The average Bonchev–Trinajstić information content (AvgIpc) is 3.11. The first-order chi connectivity index (χ1) is 13.5. The Kier molecular flexibility index (Phi) is 7.07. The number of aromatic amines is 1. The molecule has 1 fully saturated rings. The number of carbonyl (C=O) groups excluding carboxylic acids is 2. The molecule has 28 heavy (non-hydrogen) atoms. The standard InChI is InChI=1S/C20H33N5O3/c1-4-14-12-25(10-7-16(14)21-18(26)6-5-9-24(2)3)20(27)19-15-13-28-11-8-17(15)22-23-19/h14,16H,4-13H2,1-3H3,(H,21,26)(H,22,23)/t14-,16+/m1/s1. The van der Waals surface area contributed by atoms with Gasteiger partial charge in [0.15, 0.2) is 5.69 Å². The van der Waals surface area contributed by atoms with Gasteiger partial charge in [0.25, 0.3) is 5.91 Å². The number of hydrogen-bond donors (Lipinski definition) is 2. The molecular formula is C20H33N5O3. The highest BCUT2D eigenvalue weighted by molar-refractivity contribution is 5.94. The molecule has 1 aromatic rings. The summed E-state index contributed by atoms with van der Waals surface area (Å²) in [6.07, 6.45) is 3.89. The highest BCUT2D eigenvalue weighted by Crippen LogP contribution is 2.24. The van der Waals surface area contributed by atoms with Crippen LogP contribution in [0.25, 0.3) is 0 Å². The van der Waals surface area contributed by atoms with E-state index in [0.29, 0.717) is 38.4 Å². The number of rotatable bonds is 7. The van der Waals surface area contributed by atoms with Gasteiger partial charge in [-0.15, -0.1) is 0 Å². The molecule has 8 heteroatoms. The maximum atomic E-state index is 13.0. The molecule has 2 N–H and O–H groups in total. The monoisotopic (exact) mass is 391 g/mol. The molecule has 156 valence electrons. The second-order valence-electron chi connectivity index (χ2n) is 8.12. The van der Waals surface area contributed by atoms with Crippen molar-refractivity contribution in [3.63, 3.8) is 0 Å². The molecule has 0 unspecified atom stereocenters. The molecular weight excluding hydrogens is 358 g/mol. The fraction of sp³-hybridized carbons (Fsp3) is 0.750. The molecule has 3 heterocycles. The summed E-state index contributed by atoms with van der Waals surface area (Å²) in [7, 11) is 4.03. The number of ether oxygens (including phenoxy) is 1. The molecule has 0 aromatic carbocycles. The molecule has 0 aliphatic carbocycles. The summed E-state index contributed by atoms with van der Waals surface area (Å²) >= 11 is 0. The van der Waals surface area contributed by atoms with Gasteiger partial charge in [-0.25, -0.2) is 0 Å². The number of amides is 2. The summed E-state index contributed by atoms with van der Waals surface area (Å²) in [5, 5.41) is 10.5. The zero-order valence-electron chi connectivity index (χ0n) is 17.3. The van der Waals surface area contributed by atoms with Gasteiger partial charge in [-0.05, 0) is 45.8 Å². The van der Waals surface area contributed by atoms with Crippen molar-refractivity contribution in [1.29, 1.82) is 0 Å². The minimum atomic E-state index is -0.0304. The number of nitrogens with one attached hydrogen (secondary N) is 2. The number of fused-ring (bicyclic) bond motifs is 1. The number of likely N-dealkylation sites (tertiary alicyclic amines) is 1. The third kappa shape index (κ3) is 4.91. The van der Waals surface area contributed by atoms with Gasteiger partial charge in [0.1, 0.15) is 0 Å². The van der Waals surface area contributed by atoms with E-state index in [-0.39, 0.29) is 23.8 Å². The Morgan fingerprint density at radius 1 is 1.39 bits per heavy atom. The van der Waals surface area contributed by atoms with E-state index in [0.717, 1.165) is 43.5 Å². The van der Waals surface area contributed by atoms with Crippen LogP contribution >= 0.6 is 0 Å². The molecule has 8 nitrogen and oxygen atoms in total. The first kappa shape index (κ1) is 20.8. The fourth-order valence-electron chi connectivity index (χ4n) is 4.09. The Labute approximate surface area is 167 Å². The minimum Gasteiger partial charge on any atom is -0.376 e. The van der Waals surface area contributed by atoms with E-state index in [1.807, 2.05) is 19.0 Å². The topological polar surface area (TPSA) is 90.6 Å². The lowest BCUT2D eigenvalue weighted by Crippen LogP contribution is -2.52. The molecule has 3 rings (SSSR count). The third-order valence-corrected chi connectivity index (χ3v) is 5.80. The molecule has 1 saturated heterocycles. The van der Waals surface area contributed by atoms with Crippen LogP contribution < -0.4 is 5.32 Å². The van der Waals surface area contributed by atoms with Gasteiger partial charge in [-0.2, -0.15) is 5.10 Å². The van der Waals surface area contributed by atoms with Crippen LogP contribution in [0.5, 0.6) is 0 Å². The second kappa shape index (κ2) is 9.52. The molecule has 2 atom stereocenters. The van der Waals surface area contributed by atoms with Crippen molar-refractivity contribution in [2.45, 2.75) is 51.7 Å². The maximum Gasteiger partial charge on any atom is 0.274 e. The van der Waals surface area contributed by atoms with Crippen molar-refractivity contribution < 1.29 is 14.3 Å². The smallest absolute Gasteiger partial charge is 0.274 e. The second-order valence-corrected chi connectivity index (χ2v) is 8.12. The molecule has 0 radical (unpaired) electrons. The number of hydrogen-bond acceptors (Lipinski definition) is 5. The number of carbonyl (C=O) groups is 2. The van der Waals surface area contributed by atoms with Gasteiger partial charge in [0.2, 0.25) is 5.91 Å². The first-order valence-corrected chi connectivity index (χ1v) is 10.4. The van der Waals surface area contributed by atoms with Crippen molar-refractivity contribution in [2.75, 3.05) is 40.3 Å². The maximum absolute atomic E-state index is 13.0. The molecule has 2 aliphatic rings. The summed E-state index contributed by atoms with van der Waals surface area (Å²) in [4.78, 5) is 29.3. The van der Waals surface area contributed by atoms with Crippen LogP contribution in [-0.4, -0.2) is 78.2 Å². The minimum absolute atomic E-state index is 0.0304. The number of nitrogens with zero attached hydrogens (tertiary/aromatic N) is 3. The summed E-state index contributed by atoms with van der Waals surface area (Å²) in [5.74, 6) is 0.349. The first-order valence-electron chi connectivity index (χ1n) is 10.4. The predicted octanol–water partition coefficient (Wildman–Crippen LogP) is 1.18. The molecule has 2 aliphatic heterocycles. The van der Waals surface area contributed by atoms with Gasteiger partial charge in [-0.3, -0.25) is 14.7 Å². The van der Waals surface area contributed by atoms with Crippen molar-refractivity contribution in [3.05, 3.63) is 17.0 Å². The highest BCUT2D eigenvalue weighted by atomic mass is 16.5. The van der Waals surface area contributed by atoms with E-state index in [2.05, 4.69) is 27.3 Å².